The molecule has 6 N–H and O–H groups in total. The van der Waals surface area contributed by atoms with Gasteiger partial charge in [0, 0.05) is 12.2 Å². The number of amides is 3. The fourth-order valence-electron chi connectivity index (χ4n) is 3.23. The zero-order chi connectivity index (χ0) is 26.0. The second-order valence-corrected chi connectivity index (χ2v) is 8.00. The number of nitrogens with two attached hydrogens (primary N) is 2. The molecular formula is C24H31N7O4. The van der Waals surface area contributed by atoms with E-state index in [2.05, 4.69) is 20.5 Å². The Labute approximate surface area is 203 Å². The third-order valence-corrected chi connectivity index (χ3v) is 5.17. The number of carboxylic acid groups (broad SMARTS) is 1. The molecule has 11 nitrogen and oxygen atoms in total. The van der Waals surface area contributed by atoms with Crippen molar-refractivity contribution in [2.24, 2.45) is 26.7 Å². The topological polar surface area (TPSA) is 176 Å². The lowest BCUT2D eigenvalue weighted by molar-refractivity contribution is -0.142. The summed E-state index contributed by atoms with van der Waals surface area (Å²) in [7, 11) is 0. The molecule has 0 heterocycles. The van der Waals surface area contributed by atoms with E-state index in [-0.39, 0.29) is 18.9 Å². The number of nitrogens with one attached hydrogen (secondary N) is 1. The Morgan fingerprint density at radius 3 is 2.40 bits per heavy atom. The maximum Gasteiger partial charge on any atom is 0.367 e. The Kier molecular flexibility index (Phi) is 9.88. The first-order valence-electron chi connectivity index (χ1n) is 11.1. The van der Waals surface area contributed by atoms with E-state index < -0.39 is 30.0 Å². The van der Waals surface area contributed by atoms with Gasteiger partial charge in [0.25, 0.3) is 0 Å². The highest BCUT2D eigenvalue weighted by Crippen LogP contribution is 2.23. The molecule has 2 aromatic rings. The molecule has 0 aliphatic rings. The van der Waals surface area contributed by atoms with Crippen LogP contribution in [0.15, 0.2) is 63.8 Å². The van der Waals surface area contributed by atoms with Crippen LogP contribution < -0.4 is 21.7 Å². The van der Waals surface area contributed by atoms with Crippen LogP contribution in [0.1, 0.15) is 30.9 Å². The molecule has 0 radical (unpaired) electrons. The van der Waals surface area contributed by atoms with Gasteiger partial charge in [-0.3, -0.25) is 14.7 Å². The normalized spacial score (nSPS) is 12.5. The number of aliphatic carboxylic acids is 1. The highest BCUT2D eigenvalue weighted by molar-refractivity contribution is 6.00. The number of anilines is 1. The summed E-state index contributed by atoms with van der Waals surface area (Å²) in [4.78, 5) is 42.7. The number of para-hydroxylation sites is 1. The lowest BCUT2D eigenvalue weighted by atomic mass is 10.1. The zero-order valence-electron chi connectivity index (χ0n) is 20.0. The first-order chi connectivity index (χ1) is 16.6. The summed E-state index contributed by atoms with van der Waals surface area (Å²) < 4.78 is 0. The number of carboxylic acids is 1. The van der Waals surface area contributed by atoms with E-state index in [1.165, 1.54) is 11.8 Å². The monoisotopic (exact) mass is 481 g/mol. The van der Waals surface area contributed by atoms with Crippen molar-refractivity contribution in [3.05, 3.63) is 59.7 Å². The van der Waals surface area contributed by atoms with Gasteiger partial charge in [0.05, 0.1) is 5.69 Å². The number of guanidine groups is 1. The van der Waals surface area contributed by atoms with Gasteiger partial charge in [-0.25, -0.2) is 9.59 Å². The second kappa shape index (κ2) is 12.8. The number of carbonyl (C=O) groups excluding carboxylic acids is 2. The Balaban J connectivity index is 2.23. The number of rotatable bonds is 10. The minimum atomic E-state index is -1.21. The summed E-state index contributed by atoms with van der Waals surface area (Å²) in [5.74, 6) is -1.96. The highest BCUT2D eigenvalue weighted by Gasteiger charge is 2.30. The van der Waals surface area contributed by atoms with Gasteiger partial charge in [0.1, 0.15) is 12.1 Å². The van der Waals surface area contributed by atoms with Gasteiger partial charge in [0.15, 0.2) is 5.96 Å². The third-order valence-electron chi connectivity index (χ3n) is 5.17. The Bertz CT molecular complexity index is 1100. The van der Waals surface area contributed by atoms with Crippen LogP contribution in [0.25, 0.3) is 0 Å². The molecule has 0 spiro atoms. The summed E-state index contributed by atoms with van der Waals surface area (Å²) in [5.41, 5.74) is 13.3. The molecule has 2 aromatic carbocycles. The molecule has 11 heteroatoms. The van der Waals surface area contributed by atoms with Gasteiger partial charge in [-0.2, -0.15) is 0 Å². The molecule has 0 aromatic heterocycles. The average Bonchev–Trinajstić information content (AvgIpc) is 2.81. The first-order valence-corrected chi connectivity index (χ1v) is 11.1. The molecule has 0 fully saturated rings. The van der Waals surface area contributed by atoms with Crippen LogP contribution in [0.2, 0.25) is 0 Å². The quantitative estimate of drug-likeness (QED) is 0.175. The molecule has 0 bridgehead atoms. The van der Waals surface area contributed by atoms with Gasteiger partial charge in [-0.05, 0) is 62.9 Å². The number of nitrogens with zero attached hydrogens (tertiary/aromatic N) is 4. The molecular weight excluding hydrogens is 450 g/mol. The Morgan fingerprint density at radius 1 is 1.09 bits per heavy atom. The lowest BCUT2D eigenvalue weighted by Gasteiger charge is -2.27. The van der Waals surface area contributed by atoms with Gasteiger partial charge < -0.3 is 21.9 Å². The van der Waals surface area contributed by atoms with Crippen LogP contribution in [0.4, 0.5) is 16.2 Å². The van der Waals surface area contributed by atoms with E-state index in [0.29, 0.717) is 17.8 Å². The van der Waals surface area contributed by atoms with Crippen LogP contribution in [-0.4, -0.2) is 47.6 Å². The summed E-state index contributed by atoms with van der Waals surface area (Å²) in [6.45, 7) is 5.47. The number of azo groups is 1. The van der Waals surface area contributed by atoms with Gasteiger partial charge in [0.2, 0.25) is 5.91 Å². The van der Waals surface area contributed by atoms with Crippen molar-refractivity contribution >= 4 is 35.2 Å². The highest BCUT2D eigenvalue weighted by atomic mass is 16.4. The molecule has 3 amide bonds. The Morgan fingerprint density at radius 2 is 1.77 bits per heavy atom. The summed E-state index contributed by atoms with van der Waals surface area (Å²) in [6.07, 6.45) is 0.450. The van der Waals surface area contributed by atoms with Gasteiger partial charge >= 0.3 is 12.0 Å². The second-order valence-electron chi connectivity index (χ2n) is 8.00. The van der Waals surface area contributed by atoms with Crippen molar-refractivity contribution in [2.75, 3.05) is 11.4 Å². The van der Waals surface area contributed by atoms with E-state index in [0.717, 1.165) is 11.1 Å². The van der Waals surface area contributed by atoms with Crippen LogP contribution in [0.5, 0.6) is 0 Å². The van der Waals surface area contributed by atoms with E-state index >= 15 is 0 Å². The molecule has 0 saturated heterocycles. The molecule has 0 saturated carbocycles. The molecule has 2 rings (SSSR count). The maximum absolute atomic E-state index is 13.1. The van der Waals surface area contributed by atoms with Crippen LogP contribution in [-0.2, 0) is 9.59 Å². The third kappa shape index (κ3) is 8.22. The van der Waals surface area contributed by atoms with Crippen molar-refractivity contribution in [3.63, 3.8) is 0 Å². The van der Waals surface area contributed by atoms with E-state index in [1.807, 2.05) is 26.0 Å². The van der Waals surface area contributed by atoms with Crippen molar-refractivity contribution in [3.8, 4) is 0 Å². The minimum Gasteiger partial charge on any atom is -0.480 e. The molecule has 35 heavy (non-hydrogen) atoms. The smallest absolute Gasteiger partial charge is 0.367 e. The Hall–Kier alpha value is -4.28. The summed E-state index contributed by atoms with van der Waals surface area (Å²) >= 11 is 0. The largest absolute Gasteiger partial charge is 0.480 e. The number of urea groups is 1. The number of benzene rings is 2. The molecule has 0 aliphatic carbocycles. The van der Waals surface area contributed by atoms with Crippen molar-refractivity contribution in [1.29, 1.82) is 0 Å². The maximum atomic E-state index is 13.1. The van der Waals surface area contributed by atoms with E-state index in [9.17, 15) is 19.5 Å². The first kappa shape index (κ1) is 27.0. The van der Waals surface area contributed by atoms with Crippen LogP contribution in [0, 0.1) is 13.8 Å². The molecule has 0 aliphatic heterocycles. The van der Waals surface area contributed by atoms with Gasteiger partial charge in [-0.1, -0.05) is 35.4 Å². The van der Waals surface area contributed by atoms with E-state index in [4.69, 9.17) is 11.5 Å². The number of aliphatic imine (C=N–C) groups is 1. The molecule has 186 valence electrons. The van der Waals surface area contributed by atoms with Gasteiger partial charge in [-0.15, -0.1) is 5.11 Å². The fourth-order valence-corrected chi connectivity index (χ4v) is 3.23. The number of hydrogen-bond acceptors (Lipinski definition) is 5. The fraction of sp³-hybridized carbons (Fsp3) is 0.333. The summed E-state index contributed by atoms with van der Waals surface area (Å²) in [6, 6.07) is 11.1. The molecule has 2 unspecified atom stereocenters. The van der Waals surface area contributed by atoms with E-state index in [1.54, 1.807) is 36.4 Å². The number of aryl methyl sites for hydroxylation is 2. The predicted molar refractivity (Wildman–Crippen MR) is 134 cm³/mol. The zero-order valence-corrected chi connectivity index (χ0v) is 20.0. The predicted octanol–water partition coefficient (Wildman–Crippen LogP) is 3.03. The number of carbonyl (C=O) groups is 3. The van der Waals surface area contributed by atoms with Crippen molar-refractivity contribution in [2.45, 2.75) is 45.7 Å². The van der Waals surface area contributed by atoms with Crippen molar-refractivity contribution < 1.29 is 19.5 Å². The standard InChI is InChI=1S/C24H31N7O4/c1-15-11-12-16(2)20(14-15)29-30-24(35)31(18-8-5-4-6-9-18)17(3)21(32)28-19(22(33)34)10-7-13-27-23(25)26/h4-6,8-9,11-12,14,17,19H,7,10,13H2,1-3H3,(H,28,32)(H,33,34)(H4,25,26,27). The summed E-state index contributed by atoms with van der Waals surface area (Å²) in [5, 5.41) is 19.9. The lowest BCUT2D eigenvalue weighted by Crippen LogP contribution is -2.51. The molecule has 2 atom stereocenters. The number of hydrogen-bond donors (Lipinski definition) is 4. The average molecular weight is 482 g/mol. The minimum absolute atomic E-state index is 0.0958. The van der Waals surface area contributed by atoms with Crippen LogP contribution in [0.3, 0.4) is 0 Å². The SMILES string of the molecule is Cc1ccc(C)c(N=NC(=O)N(c2ccccc2)C(C)C(=O)NC(CCCN=C(N)N)C(=O)O)c1. The van der Waals surface area contributed by atoms with Crippen molar-refractivity contribution in [1.82, 2.24) is 5.32 Å². The van der Waals surface area contributed by atoms with Crippen LogP contribution >= 0.6 is 0 Å².